The lowest BCUT2D eigenvalue weighted by atomic mass is 10.1. The minimum absolute atomic E-state index is 0.487. The van der Waals surface area contributed by atoms with E-state index in [4.69, 9.17) is 10.5 Å². The summed E-state index contributed by atoms with van der Waals surface area (Å²) in [6, 6.07) is 8.05. The van der Waals surface area contributed by atoms with E-state index in [-0.39, 0.29) is 0 Å². The number of hydrogen-bond donors (Lipinski definition) is 1. The molecule has 0 saturated heterocycles. The summed E-state index contributed by atoms with van der Waals surface area (Å²) in [6.07, 6.45) is 4.94. The van der Waals surface area contributed by atoms with Gasteiger partial charge in [0.05, 0.1) is 12.3 Å². The Morgan fingerprint density at radius 2 is 2.18 bits per heavy atom. The first-order valence-corrected chi connectivity index (χ1v) is 6.21. The van der Waals surface area contributed by atoms with Gasteiger partial charge in [0.1, 0.15) is 5.84 Å². The Balaban J connectivity index is 2.10. The van der Waals surface area contributed by atoms with E-state index in [2.05, 4.69) is 4.99 Å². The van der Waals surface area contributed by atoms with Crippen molar-refractivity contribution in [2.75, 3.05) is 7.11 Å². The Morgan fingerprint density at radius 1 is 1.41 bits per heavy atom. The Kier molecular flexibility index (Phi) is 4.15. The van der Waals surface area contributed by atoms with Crippen LogP contribution in [0.2, 0.25) is 0 Å². The summed E-state index contributed by atoms with van der Waals surface area (Å²) in [4.78, 5) is 4.52. The summed E-state index contributed by atoms with van der Waals surface area (Å²) in [5.41, 5.74) is 8.12. The van der Waals surface area contributed by atoms with Crippen molar-refractivity contribution < 1.29 is 4.74 Å². The summed E-state index contributed by atoms with van der Waals surface area (Å²) < 4.78 is 5.11. The average molecular weight is 232 g/mol. The second-order valence-corrected chi connectivity index (χ2v) is 4.62. The minimum Gasteiger partial charge on any atom is -0.387 e. The van der Waals surface area contributed by atoms with E-state index < -0.39 is 0 Å². The zero-order valence-electron chi connectivity index (χ0n) is 10.4. The molecule has 1 aliphatic rings. The van der Waals surface area contributed by atoms with Crippen LogP contribution in [0.4, 0.5) is 5.69 Å². The third-order valence-electron chi connectivity index (χ3n) is 3.25. The Bertz CT molecular complexity index is 395. The SMILES string of the molecule is COCc1cccc(N=C(N)C2CCCC2)c1. The van der Waals surface area contributed by atoms with Crippen molar-refractivity contribution in [1.82, 2.24) is 0 Å². The van der Waals surface area contributed by atoms with Crippen molar-refractivity contribution in [1.29, 1.82) is 0 Å². The molecule has 92 valence electrons. The molecule has 2 N–H and O–H groups in total. The number of hydrogen-bond acceptors (Lipinski definition) is 2. The molecule has 1 aromatic carbocycles. The molecule has 1 aromatic rings. The van der Waals surface area contributed by atoms with E-state index >= 15 is 0 Å². The summed E-state index contributed by atoms with van der Waals surface area (Å²) in [6.45, 7) is 0.618. The second-order valence-electron chi connectivity index (χ2n) is 4.62. The molecule has 1 fully saturated rings. The van der Waals surface area contributed by atoms with Crippen molar-refractivity contribution in [3.8, 4) is 0 Å². The number of nitrogens with two attached hydrogens (primary N) is 1. The number of nitrogens with zero attached hydrogens (tertiary/aromatic N) is 1. The van der Waals surface area contributed by atoms with Crippen LogP contribution in [0, 0.1) is 5.92 Å². The van der Waals surface area contributed by atoms with Crippen LogP contribution >= 0.6 is 0 Å². The quantitative estimate of drug-likeness (QED) is 0.640. The highest BCUT2D eigenvalue weighted by Crippen LogP contribution is 2.26. The fourth-order valence-electron chi connectivity index (χ4n) is 2.34. The number of benzene rings is 1. The fourth-order valence-corrected chi connectivity index (χ4v) is 2.34. The van der Waals surface area contributed by atoms with Gasteiger partial charge in [-0.3, -0.25) is 0 Å². The van der Waals surface area contributed by atoms with Gasteiger partial charge >= 0.3 is 0 Å². The lowest BCUT2D eigenvalue weighted by Gasteiger charge is -2.08. The Hall–Kier alpha value is -1.35. The topological polar surface area (TPSA) is 47.6 Å². The predicted molar refractivity (Wildman–Crippen MR) is 70.4 cm³/mol. The van der Waals surface area contributed by atoms with Crippen molar-refractivity contribution in [2.24, 2.45) is 16.6 Å². The number of rotatable bonds is 4. The maximum Gasteiger partial charge on any atom is 0.103 e. The summed E-state index contributed by atoms with van der Waals surface area (Å²) in [5.74, 6) is 1.28. The number of aliphatic imine (C=N–C) groups is 1. The molecule has 0 atom stereocenters. The van der Waals surface area contributed by atoms with Crippen LogP contribution in [-0.2, 0) is 11.3 Å². The van der Waals surface area contributed by atoms with Crippen LogP contribution in [0.3, 0.4) is 0 Å². The highest BCUT2D eigenvalue weighted by molar-refractivity contribution is 5.85. The predicted octanol–water partition coefficient (Wildman–Crippen LogP) is 3.01. The first kappa shape index (κ1) is 12.1. The maximum atomic E-state index is 6.05. The van der Waals surface area contributed by atoms with Gasteiger partial charge in [0, 0.05) is 13.0 Å². The van der Waals surface area contributed by atoms with E-state index in [0.29, 0.717) is 12.5 Å². The summed E-state index contributed by atoms with van der Waals surface area (Å²) >= 11 is 0. The number of methoxy groups -OCH3 is 1. The molecule has 0 heterocycles. The van der Waals surface area contributed by atoms with E-state index in [1.54, 1.807) is 7.11 Å². The van der Waals surface area contributed by atoms with Gasteiger partial charge < -0.3 is 10.5 Å². The van der Waals surface area contributed by atoms with Gasteiger partial charge in [-0.15, -0.1) is 0 Å². The molecule has 0 bridgehead atoms. The third kappa shape index (κ3) is 3.30. The molecule has 0 radical (unpaired) electrons. The number of ether oxygens (including phenoxy) is 1. The van der Waals surface area contributed by atoms with Gasteiger partial charge in [-0.1, -0.05) is 25.0 Å². The van der Waals surface area contributed by atoms with Crippen LogP contribution in [0.15, 0.2) is 29.3 Å². The van der Waals surface area contributed by atoms with Gasteiger partial charge in [0.25, 0.3) is 0 Å². The summed E-state index contributed by atoms with van der Waals surface area (Å²) in [5, 5.41) is 0. The first-order valence-electron chi connectivity index (χ1n) is 6.21. The van der Waals surface area contributed by atoms with Crippen LogP contribution in [-0.4, -0.2) is 12.9 Å². The lowest BCUT2D eigenvalue weighted by molar-refractivity contribution is 0.185. The molecule has 1 aliphatic carbocycles. The Morgan fingerprint density at radius 3 is 2.88 bits per heavy atom. The number of amidine groups is 1. The first-order chi connectivity index (χ1) is 8.29. The molecule has 2 rings (SSSR count). The van der Waals surface area contributed by atoms with Crippen LogP contribution in [0.25, 0.3) is 0 Å². The molecule has 1 saturated carbocycles. The van der Waals surface area contributed by atoms with Crippen LogP contribution < -0.4 is 5.73 Å². The largest absolute Gasteiger partial charge is 0.387 e. The minimum atomic E-state index is 0.487. The molecule has 0 unspecified atom stereocenters. The van der Waals surface area contributed by atoms with Crippen molar-refractivity contribution in [3.05, 3.63) is 29.8 Å². The van der Waals surface area contributed by atoms with Gasteiger partial charge in [-0.25, -0.2) is 4.99 Å². The van der Waals surface area contributed by atoms with Crippen LogP contribution in [0.1, 0.15) is 31.2 Å². The fraction of sp³-hybridized carbons (Fsp3) is 0.500. The van der Waals surface area contributed by atoms with E-state index in [0.717, 1.165) is 17.1 Å². The van der Waals surface area contributed by atoms with E-state index in [1.165, 1.54) is 25.7 Å². The molecule has 0 amide bonds. The highest BCUT2D eigenvalue weighted by Gasteiger charge is 2.18. The molecule has 3 heteroatoms. The smallest absolute Gasteiger partial charge is 0.103 e. The van der Waals surface area contributed by atoms with E-state index in [9.17, 15) is 0 Å². The van der Waals surface area contributed by atoms with Crippen LogP contribution in [0.5, 0.6) is 0 Å². The average Bonchev–Trinajstić information content (AvgIpc) is 2.83. The van der Waals surface area contributed by atoms with Crippen molar-refractivity contribution in [3.63, 3.8) is 0 Å². The second kappa shape index (κ2) is 5.82. The zero-order chi connectivity index (χ0) is 12.1. The zero-order valence-corrected chi connectivity index (χ0v) is 10.4. The molecule has 0 spiro atoms. The summed E-state index contributed by atoms with van der Waals surface area (Å²) in [7, 11) is 1.70. The molecular formula is C14H20N2O. The van der Waals surface area contributed by atoms with Crippen molar-refractivity contribution >= 4 is 11.5 Å². The Labute approximate surface area is 103 Å². The van der Waals surface area contributed by atoms with E-state index in [1.807, 2.05) is 24.3 Å². The molecule has 0 aliphatic heterocycles. The highest BCUT2D eigenvalue weighted by atomic mass is 16.5. The van der Waals surface area contributed by atoms with Gasteiger partial charge in [0.15, 0.2) is 0 Å². The maximum absolute atomic E-state index is 6.05. The lowest BCUT2D eigenvalue weighted by Crippen LogP contribution is -2.20. The van der Waals surface area contributed by atoms with Gasteiger partial charge in [-0.2, -0.15) is 0 Å². The molecular weight excluding hydrogens is 212 g/mol. The normalized spacial score (nSPS) is 17.6. The van der Waals surface area contributed by atoms with Crippen molar-refractivity contribution in [2.45, 2.75) is 32.3 Å². The molecule has 0 aromatic heterocycles. The standard InChI is InChI=1S/C14H20N2O/c1-17-10-11-5-4-8-13(9-11)16-14(15)12-6-2-3-7-12/h4-5,8-9,12H,2-3,6-7,10H2,1H3,(H2,15,16). The third-order valence-corrected chi connectivity index (χ3v) is 3.25. The molecule has 17 heavy (non-hydrogen) atoms. The van der Waals surface area contributed by atoms with Gasteiger partial charge in [-0.05, 0) is 30.5 Å². The molecule has 3 nitrogen and oxygen atoms in total. The monoisotopic (exact) mass is 232 g/mol. The van der Waals surface area contributed by atoms with Gasteiger partial charge in [0.2, 0.25) is 0 Å².